The van der Waals surface area contributed by atoms with Gasteiger partial charge in [0, 0.05) is 29.6 Å². The number of H-pyrrole nitrogens is 1. The Morgan fingerprint density at radius 3 is 2.84 bits per heavy atom. The number of nitrogens with zero attached hydrogens (tertiary/aromatic N) is 1. The van der Waals surface area contributed by atoms with Crippen molar-refractivity contribution in [1.29, 1.82) is 0 Å². The molecule has 0 aliphatic heterocycles. The number of aliphatic carboxylic acids is 1. The zero-order valence-corrected chi connectivity index (χ0v) is 14.1. The van der Waals surface area contributed by atoms with Gasteiger partial charge in [0.05, 0.1) is 6.54 Å². The fourth-order valence-electron chi connectivity index (χ4n) is 3.21. The van der Waals surface area contributed by atoms with Crippen molar-refractivity contribution in [2.45, 2.75) is 37.8 Å². The predicted molar refractivity (Wildman–Crippen MR) is 91.8 cm³/mol. The highest BCUT2D eigenvalue weighted by Gasteiger charge is 2.26. The van der Waals surface area contributed by atoms with Crippen molar-refractivity contribution >= 4 is 22.8 Å². The molecular formula is C18H22FN3O3. The topological polar surface area (TPSA) is 85.4 Å². The van der Waals surface area contributed by atoms with Crippen molar-refractivity contribution < 1.29 is 19.1 Å². The van der Waals surface area contributed by atoms with Gasteiger partial charge in [0.1, 0.15) is 11.9 Å². The molecule has 0 bridgehead atoms. The third-order valence-electron chi connectivity index (χ3n) is 4.89. The van der Waals surface area contributed by atoms with Crippen LogP contribution < -0.4 is 5.32 Å². The number of halogens is 1. The second kappa shape index (κ2) is 7.23. The minimum Gasteiger partial charge on any atom is -0.480 e. The van der Waals surface area contributed by atoms with E-state index in [9.17, 15) is 19.1 Å². The molecule has 1 saturated carbocycles. The molecule has 1 aliphatic carbocycles. The number of carboxylic acid groups (broad SMARTS) is 1. The Balaban J connectivity index is 1.68. The fourth-order valence-corrected chi connectivity index (χ4v) is 3.21. The molecule has 7 heteroatoms. The van der Waals surface area contributed by atoms with Crippen LogP contribution in [0.5, 0.6) is 0 Å². The number of aromatic amines is 1. The molecule has 2 aromatic rings. The van der Waals surface area contributed by atoms with Gasteiger partial charge in [-0.05, 0) is 37.6 Å². The first-order valence-corrected chi connectivity index (χ1v) is 8.42. The van der Waals surface area contributed by atoms with Gasteiger partial charge in [-0.15, -0.1) is 0 Å². The summed E-state index contributed by atoms with van der Waals surface area (Å²) >= 11 is 0. The van der Waals surface area contributed by atoms with E-state index in [4.69, 9.17) is 0 Å². The number of carboxylic acids is 1. The van der Waals surface area contributed by atoms with Crippen LogP contribution in [0, 0.1) is 5.82 Å². The van der Waals surface area contributed by atoms with E-state index in [-0.39, 0.29) is 18.9 Å². The largest absolute Gasteiger partial charge is 0.480 e. The van der Waals surface area contributed by atoms with Crippen molar-refractivity contribution in [2.75, 3.05) is 13.6 Å². The Kier molecular flexibility index (Phi) is 5.03. The zero-order chi connectivity index (χ0) is 18.0. The molecule has 1 atom stereocenters. The van der Waals surface area contributed by atoms with Gasteiger partial charge in [0.25, 0.3) is 0 Å². The van der Waals surface area contributed by atoms with E-state index in [1.54, 1.807) is 18.3 Å². The number of hydrogen-bond acceptors (Lipinski definition) is 3. The standard InChI is InChI=1S/C18H22FN3O3/c1-22(12-4-2-5-12)10-16(23)21-15(18(24)25)8-11-9-20-14-7-3-6-13(19)17(11)14/h3,6-7,9,12,15,20H,2,4-5,8,10H2,1H3,(H,21,23)(H,24,25). The Bertz CT molecular complexity index is 785. The molecule has 1 aromatic heterocycles. The van der Waals surface area contributed by atoms with E-state index in [1.807, 2.05) is 11.9 Å². The van der Waals surface area contributed by atoms with Crippen molar-refractivity contribution in [3.8, 4) is 0 Å². The number of carbonyl (C=O) groups is 2. The summed E-state index contributed by atoms with van der Waals surface area (Å²) in [4.78, 5) is 28.6. The van der Waals surface area contributed by atoms with E-state index in [0.29, 0.717) is 22.5 Å². The molecule has 1 fully saturated rings. The van der Waals surface area contributed by atoms with Crippen molar-refractivity contribution in [3.63, 3.8) is 0 Å². The Hall–Kier alpha value is -2.41. The lowest BCUT2D eigenvalue weighted by Gasteiger charge is -2.34. The van der Waals surface area contributed by atoms with Crippen LogP contribution in [0.1, 0.15) is 24.8 Å². The SMILES string of the molecule is CN(CC(=O)NC(Cc1c[nH]c2cccc(F)c12)C(=O)O)C1CCC1. The molecule has 0 radical (unpaired) electrons. The van der Waals surface area contributed by atoms with Gasteiger partial charge in [-0.3, -0.25) is 9.69 Å². The van der Waals surface area contributed by atoms with Crippen LogP contribution in [0.2, 0.25) is 0 Å². The van der Waals surface area contributed by atoms with Crippen molar-refractivity contribution in [2.24, 2.45) is 0 Å². The Morgan fingerprint density at radius 1 is 1.44 bits per heavy atom. The third-order valence-corrected chi connectivity index (χ3v) is 4.89. The van der Waals surface area contributed by atoms with Gasteiger partial charge in [-0.1, -0.05) is 12.5 Å². The van der Waals surface area contributed by atoms with Crippen LogP contribution in [-0.2, 0) is 16.0 Å². The third kappa shape index (κ3) is 3.82. The first-order valence-electron chi connectivity index (χ1n) is 8.42. The van der Waals surface area contributed by atoms with E-state index in [2.05, 4.69) is 10.3 Å². The Labute approximate surface area is 145 Å². The van der Waals surface area contributed by atoms with Gasteiger partial charge in [-0.2, -0.15) is 0 Å². The van der Waals surface area contributed by atoms with Gasteiger partial charge >= 0.3 is 5.97 Å². The molecule has 1 aliphatic rings. The van der Waals surface area contributed by atoms with E-state index in [1.165, 1.54) is 12.5 Å². The summed E-state index contributed by atoms with van der Waals surface area (Å²) < 4.78 is 14.0. The number of fused-ring (bicyclic) bond motifs is 1. The molecule has 0 saturated heterocycles. The van der Waals surface area contributed by atoms with Crippen LogP contribution in [0.3, 0.4) is 0 Å². The fraction of sp³-hybridized carbons (Fsp3) is 0.444. The average Bonchev–Trinajstić information content (AvgIpc) is 2.89. The number of aromatic nitrogens is 1. The van der Waals surface area contributed by atoms with Gasteiger partial charge in [0.2, 0.25) is 5.91 Å². The molecule has 1 unspecified atom stereocenters. The molecule has 25 heavy (non-hydrogen) atoms. The average molecular weight is 347 g/mol. The molecular weight excluding hydrogens is 325 g/mol. The molecule has 3 N–H and O–H groups in total. The smallest absolute Gasteiger partial charge is 0.326 e. The van der Waals surface area contributed by atoms with Crippen molar-refractivity contribution in [1.82, 2.24) is 15.2 Å². The molecule has 3 rings (SSSR count). The summed E-state index contributed by atoms with van der Waals surface area (Å²) in [6, 6.07) is 3.95. The highest BCUT2D eigenvalue weighted by atomic mass is 19.1. The Morgan fingerprint density at radius 2 is 2.20 bits per heavy atom. The number of likely N-dealkylation sites (N-methyl/N-ethyl adjacent to an activating group) is 1. The van der Waals surface area contributed by atoms with Gasteiger partial charge < -0.3 is 15.4 Å². The monoisotopic (exact) mass is 347 g/mol. The van der Waals surface area contributed by atoms with Gasteiger partial charge in [0.15, 0.2) is 0 Å². The molecule has 0 spiro atoms. The summed E-state index contributed by atoms with van der Waals surface area (Å²) in [6.07, 6.45) is 4.92. The van der Waals surface area contributed by atoms with Crippen LogP contribution in [0.4, 0.5) is 4.39 Å². The normalized spacial score (nSPS) is 16.0. The van der Waals surface area contributed by atoms with Crippen LogP contribution in [-0.4, -0.2) is 52.5 Å². The lowest BCUT2D eigenvalue weighted by Crippen LogP contribution is -2.48. The molecule has 134 valence electrons. The molecule has 1 amide bonds. The van der Waals surface area contributed by atoms with Crippen LogP contribution in [0.15, 0.2) is 24.4 Å². The van der Waals surface area contributed by atoms with Crippen molar-refractivity contribution in [3.05, 3.63) is 35.8 Å². The van der Waals surface area contributed by atoms with Gasteiger partial charge in [-0.25, -0.2) is 9.18 Å². The first kappa shape index (κ1) is 17.4. The first-order chi connectivity index (χ1) is 12.0. The number of rotatable bonds is 7. The highest BCUT2D eigenvalue weighted by Crippen LogP contribution is 2.24. The maximum atomic E-state index is 14.0. The lowest BCUT2D eigenvalue weighted by molar-refractivity contribution is -0.142. The minimum atomic E-state index is -1.13. The minimum absolute atomic E-state index is 0.0230. The van der Waals surface area contributed by atoms with E-state index >= 15 is 0 Å². The molecule has 1 heterocycles. The molecule has 1 aromatic carbocycles. The second-order valence-corrected chi connectivity index (χ2v) is 6.64. The van der Waals surface area contributed by atoms with E-state index in [0.717, 1.165) is 12.8 Å². The number of carbonyl (C=O) groups excluding carboxylic acids is 1. The number of benzene rings is 1. The summed E-state index contributed by atoms with van der Waals surface area (Å²) in [6.45, 7) is 0.163. The quantitative estimate of drug-likeness (QED) is 0.714. The summed E-state index contributed by atoms with van der Waals surface area (Å²) in [7, 11) is 1.87. The van der Waals surface area contributed by atoms with Crippen LogP contribution in [0.25, 0.3) is 10.9 Å². The lowest BCUT2D eigenvalue weighted by atomic mass is 9.92. The molecule has 6 nitrogen and oxygen atoms in total. The number of hydrogen-bond donors (Lipinski definition) is 3. The highest BCUT2D eigenvalue weighted by molar-refractivity contribution is 5.87. The number of amides is 1. The van der Waals surface area contributed by atoms with E-state index < -0.39 is 17.8 Å². The zero-order valence-electron chi connectivity index (χ0n) is 14.1. The summed E-state index contributed by atoms with van der Waals surface area (Å²) in [5.41, 5.74) is 1.14. The van der Waals surface area contributed by atoms with Crippen LogP contribution >= 0.6 is 0 Å². The second-order valence-electron chi connectivity index (χ2n) is 6.64. The summed E-state index contributed by atoms with van der Waals surface area (Å²) in [5.74, 6) is -1.87. The predicted octanol–water partition coefficient (Wildman–Crippen LogP) is 1.90. The summed E-state index contributed by atoms with van der Waals surface area (Å²) in [5, 5.41) is 12.4. The maximum absolute atomic E-state index is 14.0. The number of nitrogens with one attached hydrogen (secondary N) is 2. The maximum Gasteiger partial charge on any atom is 0.326 e.